The van der Waals surface area contributed by atoms with Gasteiger partial charge in [-0.05, 0) is 48.2 Å². The van der Waals surface area contributed by atoms with Gasteiger partial charge in [0.1, 0.15) is 0 Å². The molecule has 4 rings (SSSR count). The second kappa shape index (κ2) is 9.40. The Morgan fingerprint density at radius 2 is 1.97 bits per heavy atom. The van der Waals surface area contributed by atoms with Crippen LogP contribution in [0.5, 0.6) is 0 Å². The molecule has 6 nitrogen and oxygen atoms in total. The SMILES string of the molecule is N=C/C(=C\NC1CC1)c1ccncc1/C=C/C(=O)Nc1ccc(CN2CC(F)(F)C2)cc1. The lowest BCUT2D eigenvalue weighted by atomic mass is 10.0. The number of halogens is 2. The molecule has 1 aliphatic carbocycles. The van der Waals surface area contributed by atoms with Gasteiger partial charge in [0.25, 0.3) is 5.92 Å². The maximum absolute atomic E-state index is 12.9. The minimum absolute atomic E-state index is 0.210. The molecule has 1 saturated carbocycles. The van der Waals surface area contributed by atoms with Crippen molar-refractivity contribution < 1.29 is 13.6 Å². The van der Waals surface area contributed by atoms with E-state index in [0.717, 1.165) is 35.1 Å². The molecule has 2 aliphatic rings. The second-order valence-electron chi connectivity index (χ2n) is 8.17. The van der Waals surface area contributed by atoms with Gasteiger partial charge in [0.05, 0.1) is 13.1 Å². The van der Waals surface area contributed by atoms with Crippen LogP contribution in [0.2, 0.25) is 0 Å². The summed E-state index contributed by atoms with van der Waals surface area (Å²) in [6, 6.07) is 9.46. The number of aromatic nitrogens is 1. The predicted octanol–water partition coefficient (Wildman–Crippen LogP) is 3.93. The minimum Gasteiger partial charge on any atom is -0.388 e. The Labute approximate surface area is 185 Å². The van der Waals surface area contributed by atoms with E-state index in [2.05, 4.69) is 15.6 Å². The first-order chi connectivity index (χ1) is 15.4. The van der Waals surface area contributed by atoms with Gasteiger partial charge in [0.2, 0.25) is 5.91 Å². The predicted molar refractivity (Wildman–Crippen MR) is 121 cm³/mol. The zero-order chi connectivity index (χ0) is 22.6. The number of nitrogens with one attached hydrogen (secondary N) is 3. The molecule has 2 aromatic rings. The summed E-state index contributed by atoms with van der Waals surface area (Å²) in [6.07, 6.45) is 11.8. The van der Waals surface area contributed by atoms with E-state index >= 15 is 0 Å². The zero-order valence-corrected chi connectivity index (χ0v) is 17.5. The fourth-order valence-electron chi connectivity index (χ4n) is 3.48. The first-order valence-corrected chi connectivity index (χ1v) is 10.5. The number of pyridine rings is 1. The van der Waals surface area contributed by atoms with E-state index in [9.17, 15) is 13.6 Å². The molecule has 166 valence electrons. The Kier molecular flexibility index (Phi) is 6.41. The number of carbonyl (C=O) groups is 1. The van der Waals surface area contributed by atoms with E-state index in [1.165, 1.54) is 12.3 Å². The molecule has 1 aromatic carbocycles. The van der Waals surface area contributed by atoms with E-state index in [1.807, 2.05) is 24.4 Å². The number of alkyl halides is 2. The van der Waals surface area contributed by atoms with Crippen LogP contribution >= 0.6 is 0 Å². The molecule has 2 heterocycles. The molecule has 1 aromatic heterocycles. The van der Waals surface area contributed by atoms with Crippen LogP contribution < -0.4 is 10.6 Å². The van der Waals surface area contributed by atoms with Gasteiger partial charge in [-0.2, -0.15) is 0 Å². The monoisotopic (exact) mass is 437 g/mol. The van der Waals surface area contributed by atoms with Crippen molar-refractivity contribution in [1.29, 1.82) is 5.41 Å². The molecule has 3 N–H and O–H groups in total. The quantitative estimate of drug-likeness (QED) is 0.410. The number of likely N-dealkylation sites (tertiary alicyclic amines) is 1. The largest absolute Gasteiger partial charge is 0.388 e. The summed E-state index contributed by atoms with van der Waals surface area (Å²) in [4.78, 5) is 18.2. The van der Waals surface area contributed by atoms with Crippen molar-refractivity contribution >= 4 is 29.5 Å². The molecule has 32 heavy (non-hydrogen) atoms. The smallest absolute Gasteiger partial charge is 0.272 e. The van der Waals surface area contributed by atoms with E-state index < -0.39 is 5.92 Å². The van der Waals surface area contributed by atoms with Crippen molar-refractivity contribution in [2.45, 2.75) is 31.4 Å². The van der Waals surface area contributed by atoms with Crippen LogP contribution in [0.15, 0.2) is 55.0 Å². The molecule has 1 amide bonds. The number of hydrogen-bond donors (Lipinski definition) is 3. The number of benzene rings is 1. The lowest BCUT2D eigenvalue weighted by Crippen LogP contribution is -2.55. The molecule has 0 atom stereocenters. The van der Waals surface area contributed by atoms with Gasteiger partial charge in [-0.15, -0.1) is 0 Å². The molecule has 0 spiro atoms. The van der Waals surface area contributed by atoms with Gasteiger partial charge >= 0.3 is 0 Å². The standard InChI is InChI=1S/C24H25F2N5O/c25-24(26)15-31(16-24)14-17-1-4-21(5-2-17)30-23(32)8-3-18-12-28-10-9-22(18)19(11-27)13-29-20-6-7-20/h1-5,8-13,20,27,29H,6-7,14-16H2,(H,30,32)/b8-3+,19-13+,27-11?. The van der Waals surface area contributed by atoms with Crippen LogP contribution in [0.4, 0.5) is 14.5 Å². The van der Waals surface area contributed by atoms with Crippen LogP contribution in [0, 0.1) is 5.41 Å². The summed E-state index contributed by atoms with van der Waals surface area (Å²) in [5, 5.41) is 13.8. The van der Waals surface area contributed by atoms with Crippen molar-refractivity contribution in [2.24, 2.45) is 0 Å². The van der Waals surface area contributed by atoms with Crippen LogP contribution in [-0.4, -0.2) is 47.1 Å². The summed E-state index contributed by atoms with van der Waals surface area (Å²) in [7, 11) is 0. The topological polar surface area (TPSA) is 81.1 Å². The first kappa shape index (κ1) is 21.8. The molecule has 1 aliphatic heterocycles. The van der Waals surface area contributed by atoms with Crippen LogP contribution in [-0.2, 0) is 11.3 Å². The number of carbonyl (C=O) groups excluding carboxylic acids is 1. The van der Waals surface area contributed by atoms with Crippen LogP contribution in [0.25, 0.3) is 11.6 Å². The molecule has 8 heteroatoms. The molecule has 2 fully saturated rings. The molecular weight excluding hydrogens is 412 g/mol. The molecule has 0 radical (unpaired) electrons. The second-order valence-corrected chi connectivity index (χ2v) is 8.17. The molecule has 0 unspecified atom stereocenters. The normalized spacial score (nSPS) is 18.2. The van der Waals surface area contributed by atoms with E-state index in [-0.39, 0.29) is 19.0 Å². The highest BCUT2D eigenvalue weighted by molar-refractivity contribution is 6.10. The summed E-state index contributed by atoms with van der Waals surface area (Å²) in [5.74, 6) is -2.87. The molecule has 0 bridgehead atoms. The lowest BCUT2D eigenvalue weighted by molar-refractivity contribution is -0.133. The number of amides is 1. The number of anilines is 1. The highest BCUT2D eigenvalue weighted by Crippen LogP contribution is 2.28. The van der Waals surface area contributed by atoms with Crippen LogP contribution in [0.1, 0.15) is 29.5 Å². The van der Waals surface area contributed by atoms with Crippen molar-refractivity contribution in [1.82, 2.24) is 15.2 Å². The Hall–Kier alpha value is -3.39. The summed E-state index contributed by atoms with van der Waals surface area (Å²) in [6.45, 7) is 0.0439. The van der Waals surface area contributed by atoms with E-state index in [0.29, 0.717) is 18.3 Å². The number of rotatable bonds is 9. The number of nitrogens with zero attached hydrogens (tertiary/aromatic N) is 2. The van der Waals surface area contributed by atoms with E-state index in [1.54, 1.807) is 35.5 Å². The lowest BCUT2D eigenvalue weighted by Gasteiger charge is -2.38. The Balaban J connectivity index is 1.35. The number of allylic oxidation sites excluding steroid dienone is 1. The van der Waals surface area contributed by atoms with Gasteiger partial charge in [0, 0.05) is 60.3 Å². The van der Waals surface area contributed by atoms with Gasteiger partial charge in [-0.25, -0.2) is 8.78 Å². The fraction of sp³-hybridized carbons (Fsp3) is 0.292. The molecular formula is C24H25F2N5O. The summed E-state index contributed by atoms with van der Waals surface area (Å²) in [5.41, 5.74) is 3.80. The molecule has 1 saturated heterocycles. The zero-order valence-electron chi connectivity index (χ0n) is 17.5. The maximum Gasteiger partial charge on any atom is 0.272 e. The third kappa shape index (κ3) is 5.85. The Bertz CT molecular complexity index is 1040. The highest BCUT2D eigenvalue weighted by atomic mass is 19.3. The van der Waals surface area contributed by atoms with Crippen molar-refractivity contribution in [3.05, 3.63) is 71.7 Å². The van der Waals surface area contributed by atoms with Crippen molar-refractivity contribution in [3.63, 3.8) is 0 Å². The van der Waals surface area contributed by atoms with Crippen molar-refractivity contribution in [3.8, 4) is 0 Å². The number of hydrogen-bond acceptors (Lipinski definition) is 5. The maximum atomic E-state index is 12.9. The first-order valence-electron chi connectivity index (χ1n) is 10.5. The van der Waals surface area contributed by atoms with Gasteiger partial charge in [-0.3, -0.25) is 14.7 Å². The minimum atomic E-state index is -2.57. The third-order valence-corrected chi connectivity index (χ3v) is 5.32. The van der Waals surface area contributed by atoms with Gasteiger partial charge in [0.15, 0.2) is 0 Å². The average Bonchev–Trinajstić information content (AvgIpc) is 3.58. The Morgan fingerprint density at radius 3 is 2.62 bits per heavy atom. The van der Waals surface area contributed by atoms with Gasteiger partial charge in [-0.1, -0.05) is 12.1 Å². The summed E-state index contributed by atoms with van der Waals surface area (Å²) < 4.78 is 25.9. The highest BCUT2D eigenvalue weighted by Gasteiger charge is 2.43. The van der Waals surface area contributed by atoms with E-state index in [4.69, 9.17) is 5.41 Å². The van der Waals surface area contributed by atoms with Crippen LogP contribution in [0.3, 0.4) is 0 Å². The fourth-order valence-corrected chi connectivity index (χ4v) is 3.48. The third-order valence-electron chi connectivity index (χ3n) is 5.32. The van der Waals surface area contributed by atoms with Gasteiger partial charge < -0.3 is 16.0 Å². The van der Waals surface area contributed by atoms with Crippen molar-refractivity contribution in [2.75, 3.05) is 18.4 Å². The summed E-state index contributed by atoms with van der Waals surface area (Å²) >= 11 is 0. The Morgan fingerprint density at radius 1 is 1.22 bits per heavy atom. The average molecular weight is 437 g/mol.